The molecule has 0 fully saturated rings. The Hall–Kier alpha value is -1.57. The smallest absolute Gasteiger partial charge is 0.247 e. The summed E-state index contributed by atoms with van der Waals surface area (Å²) in [5.41, 5.74) is 1.28. The van der Waals surface area contributed by atoms with Crippen LogP contribution in [0.5, 0.6) is 0 Å². The lowest BCUT2D eigenvalue weighted by molar-refractivity contribution is -0.604. The van der Waals surface area contributed by atoms with Crippen LogP contribution in [0.4, 0.5) is 0 Å². The first-order valence-electron chi connectivity index (χ1n) is 14.5. The fourth-order valence-corrected chi connectivity index (χ4v) is 5.12. The van der Waals surface area contributed by atoms with Gasteiger partial charge in [-0.2, -0.15) is 4.57 Å². The van der Waals surface area contributed by atoms with Gasteiger partial charge in [-0.25, -0.2) is 4.98 Å². The monoisotopic (exact) mass is 453 g/mol. The van der Waals surface area contributed by atoms with E-state index in [1.165, 1.54) is 134 Å². The highest BCUT2D eigenvalue weighted by molar-refractivity contribution is 5.22. The zero-order valence-electron chi connectivity index (χ0n) is 22.0. The predicted octanol–water partition coefficient (Wildman–Crippen LogP) is 9.83. The first-order chi connectivity index (χ1) is 16.4. The Morgan fingerprint density at radius 2 is 1.06 bits per heavy atom. The van der Waals surface area contributed by atoms with Gasteiger partial charge in [-0.05, 0) is 25.0 Å². The Morgan fingerprint density at radius 1 is 0.606 bits per heavy atom. The molecule has 0 saturated carbocycles. The topological polar surface area (TPSA) is 19.7 Å². The normalized spacial score (nSPS) is 12.3. The quantitative estimate of drug-likeness (QED) is 0.143. The van der Waals surface area contributed by atoms with Gasteiger partial charge in [-0.3, -0.25) is 0 Å². The number of benzene rings is 1. The summed E-state index contributed by atoms with van der Waals surface area (Å²) in [6.07, 6.45) is 30.9. The Kier molecular flexibility index (Phi) is 15.8. The van der Waals surface area contributed by atoms with Crippen LogP contribution < -0.4 is 4.57 Å². The second kappa shape index (κ2) is 18.8. The molecule has 0 bridgehead atoms. The summed E-state index contributed by atoms with van der Waals surface area (Å²) in [6, 6.07) is 10.8. The highest BCUT2D eigenvalue weighted by Gasteiger charge is 2.23. The van der Waals surface area contributed by atoms with E-state index < -0.39 is 0 Å². The molecule has 186 valence electrons. The van der Waals surface area contributed by atoms with E-state index >= 15 is 0 Å². The zero-order chi connectivity index (χ0) is 23.4. The minimum absolute atomic E-state index is 0.643. The second-order valence-corrected chi connectivity index (χ2v) is 10.1. The van der Waals surface area contributed by atoms with E-state index in [1.807, 2.05) is 0 Å². The highest BCUT2D eigenvalue weighted by Crippen LogP contribution is 2.26. The van der Waals surface area contributed by atoms with Crippen molar-refractivity contribution in [1.29, 1.82) is 0 Å². The van der Waals surface area contributed by atoms with E-state index in [0.29, 0.717) is 5.92 Å². The van der Waals surface area contributed by atoms with Gasteiger partial charge < -0.3 is 0 Å². The molecule has 1 atom stereocenters. The van der Waals surface area contributed by atoms with E-state index in [2.05, 4.69) is 66.1 Å². The molecule has 1 aromatic heterocycles. The Morgan fingerprint density at radius 3 is 1.58 bits per heavy atom. The minimum Gasteiger partial charge on any atom is -0.247 e. The summed E-state index contributed by atoms with van der Waals surface area (Å²) in [5.74, 6) is 2.04. The molecule has 0 aliphatic rings. The molecule has 0 unspecified atom stereocenters. The molecule has 2 aromatic rings. The zero-order valence-corrected chi connectivity index (χ0v) is 22.0. The van der Waals surface area contributed by atoms with Crippen molar-refractivity contribution in [2.75, 3.05) is 0 Å². The van der Waals surface area contributed by atoms with Gasteiger partial charge >= 0.3 is 0 Å². The number of para-hydroxylation sites is 1. The summed E-state index contributed by atoms with van der Waals surface area (Å²) in [5, 5.41) is 0. The molecule has 0 aliphatic carbocycles. The molecule has 0 spiro atoms. The van der Waals surface area contributed by atoms with Gasteiger partial charge in [0, 0.05) is 0 Å². The second-order valence-electron chi connectivity index (χ2n) is 10.1. The van der Waals surface area contributed by atoms with E-state index in [9.17, 15) is 0 Å². The molecule has 0 amide bonds. The van der Waals surface area contributed by atoms with Crippen LogP contribution in [-0.4, -0.2) is 4.98 Å². The van der Waals surface area contributed by atoms with Gasteiger partial charge in [0.15, 0.2) is 0 Å². The van der Waals surface area contributed by atoms with Crippen molar-refractivity contribution in [2.45, 2.75) is 142 Å². The van der Waals surface area contributed by atoms with Crippen LogP contribution in [0.2, 0.25) is 0 Å². The number of H-pyrrole nitrogens is 1. The number of unbranched alkanes of at least 4 members (excludes halogenated alkanes) is 15. The van der Waals surface area contributed by atoms with Gasteiger partial charge in [0.05, 0.1) is 5.92 Å². The van der Waals surface area contributed by atoms with E-state index in [-0.39, 0.29) is 0 Å². The molecule has 1 heterocycles. The lowest BCUT2D eigenvalue weighted by Gasteiger charge is -2.14. The largest absolute Gasteiger partial charge is 0.262 e. The molecule has 0 saturated heterocycles. The van der Waals surface area contributed by atoms with Gasteiger partial charge in [0.25, 0.3) is 5.82 Å². The first kappa shape index (κ1) is 27.7. The maximum atomic E-state index is 3.60. The number of aromatic nitrogens is 2. The third-order valence-electron chi connectivity index (χ3n) is 7.20. The summed E-state index contributed by atoms with van der Waals surface area (Å²) in [4.78, 5) is 3.60. The maximum Gasteiger partial charge on any atom is 0.262 e. The molecule has 2 rings (SSSR count). The average Bonchev–Trinajstić information content (AvgIpc) is 3.34. The lowest BCUT2D eigenvalue weighted by atomic mass is 9.93. The number of hydrogen-bond acceptors (Lipinski definition) is 0. The van der Waals surface area contributed by atoms with Crippen molar-refractivity contribution in [3.8, 4) is 5.69 Å². The van der Waals surface area contributed by atoms with Crippen molar-refractivity contribution in [2.24, 2.45) is 0 Å². The van der Waals surface area contributed by atoms with Crippen LogP contribution in [0.3, 0.4) is 0 Å². The van der Waals surface area contributed by atoms with Crippen LogP contribution in [0.15, 0.2) is 42.7 Å². The number of nitrogens with zero attached hydrogens (tertiary/aromatic N) is 1. The van der Waals surface area contributed by atoms with Crippen LogP contribution >= 0.6 is 0 Å². The van der Waals surface area contributed by atoms with E-state index in [0.717, 1.165) is 0 Å². The van der Waals surface area contributed by atoms with Crippen LogP contribution in [0.1, 0.15) is 148 Å². The molecule has 1 N–H and O–H groups in total. The van der Waals surface area contributed by atoms with E-state index in [1.54, 1.807) is 0 Å². The summed E-state index contributed by atoms with van der Waals surface area (Å²) in [6.45, 7) is 4.61. The van der Waals surface area contributed by atoms with Crippen LogP contribution in [0, 0.1) is 0 Å². The SMILES string of the molecule is CCCCCCCCCCCCCCC[C@H](CCCCCC)c1[nH]cc[n+]1-c1ccccc1. The Balaban J connectivity index is 1.67. The van der Waals surface area contributed by atoms with E-state index in [4.69, 9.17) is 0 Å². The third kappa shape index (κ3) is 11.9. The summed E-state index contributed by atoms with van der Waals surface area (Å²) < 4.78 is 2.38. The summed E-state index contributed by atoms with van der Waals surface area (Å²) in [7, 11) is 0. The molecule has 0 aliphatic heterocycles. The van der Waals surface area contributed by atoms with Gasteiger partial charge in [0.2, 0.25) is 0 Å². The highest BCUT2D eigenvalue weighted by atomic mass is 15.1. The van der Waals surface area contributed by atoms with Crippen molar-refractivity contribution >= 4 is 0 Å². The minimum atomic E-state index is 0.643. The predicted molar refractivity (Wildman–Crippen MR) is 144 cm³/mol. The number of nitrogens with one attached hydrogen (secondary N) is 1. The molecular weight excluding hydrogens is 400 g/mol. The molecule has 1 aromatic carbocycles. The fourth-order valence-electron chi connectivity index (χ4n) is 5.12. The average molecular weight is 454 g/mol. The molecule has 2 nitrogen and oxygen atoms in total. The third-order valence-corrected chi connectivity index (χ3v) is 7.20. The van der Waals surface area contributed by atoms with Gasteiger partial charge in [-0.15, -0.1) is 0 Å². The number of aromatic amines is 1. The van der Waals surface area contributed by atoms with Crippen molar-refractivity contribution in [3.63, 3.8) is 0 Å². The Labute approximate surface area is 205 Å². The Bertz CT molecular complexity index is 675. The standard InChI is InChI=1S/C31H52N2/c1-3-5-7-9-10-11-12-13-14-15-16-17-20-24-29(23-19-8-6-4-2)31-32-27-28-33(31)30-25-21-18-22-26-30/h18,21-22,25-29H,3-17,19-20,23-24H2,1-2H3/p+1/t29-/m0/s1. The van der Waals surface area contributed by atoms with Crippen LogP contribution in [0.25, 0.3) is 5.69 Å². The maximum absolute atomic E-state index is 3.60. The van der Waals surface area contributed by atoms with Gasteiger partial charge in [0.1, 0.15) is 18.1 Å². The fraction of sp³-hybridized carbons (Fsp3) is 0.710. The molecule has 33 heavy (non-hydrogen) atoms. The number of rotatable bonds is 21. The van der Waals surface area contributed by atoms with Crippen molar-refractivity contribution in [1.82, 2.24) is 4.98 Å². The van der Waals surface area contributed by atoms with Gasteiger partial charge in [-0.1, -0.05) is 141 Å². The van der Waals surface area contributed by atoms with Crippen molar-refractivity contribution in [3.05, 3.63) is 48.5 Å². The summed E-state index contributed by atoms with van der Waals surface area (Å²) >= 11 is 0. The molecular formula is C31H53N2+. The van der Waals surface area contributed by atoms with Crippen LogP contribution in [-0.2, 0) is 0 Å². The molecule has 2 heteroatoms. The number of hydrogen-bond donors (Lipinski definition) is 1. The number of imidazole rings is 1. The molecule has 0 radical (unpaired) electrons. The van der Waals surface area contributed by atoms with Crippen molar-refractivity contribution < 1.29 is 4.57 Å². The first-order valence-corrected chi connectivity index (χ1v) is 14.5. The lowest BCUT2D eigenvalue weighted by Crippen LogP contribution is -2.34.